The van der Waals surface area contributed by atoms with Gasteiger partial charge in [-0.2, -0.15) is 0 Å². The molecule has 0 N–H and O–H groups in total. The van der Waals surface area contributed by atoms with Crippen molar-refractivity contribution in [3.05, 3.63) is 29.3 Å². The van der Waals surface area contributed by atoms with E-state index in [0.717, 1.165) is 64.3 Å². The molecule has 1 aromatic rings. The molecule has 2 aliphatic heterocycles. The van der Waals surface area contributed by atoms with E-state index in [-0.39, 0.29) is 16.9 Å². The van der Waals surface area contributed by atoms with Gasteiger partial charge in [-0.25, -0.2) is 8.78 Å². The van der Waals surface area contributed by atoms with Crippen LogP contribution in [-0.4, -0.2) is 49.0 Å². The Balaban J connectivity index is 1.73. The number of amides is 1. The first-order valence-corrected chi connectivity index (χ1v) is 9.99. The lowest BCUT2D eigenvalue weighted by atomic mass is 9.73. The minimum Gasteiger partial charge on any atom is -0.496 e. The van der Waals surface area contributed by atoms with Gasteiger partial charge < -0.3 is 9.64 Å². The Morgan fingerprint density at radius 1 is 1.22 bits per heavy atom. The number of likely N-dealkylation sites (tertiary alicyclic amines) is 2. The summed E-state index contributed by atoms with van der Waals surface area (Å²) in [7, 11) is 1.48. The molecule has 2 aliphatic rings. The quantitative estimate of drug-likeness (QED) is 0.748. The van der Waals surface area contributed by atoms with E-state index in [9.17, 15) is 13.6 Å². The number of ether oxygens (including phenoxy) is 1. The molecule has 4 nitrogen and oxygen atoms in total. The minimum absolute atomic E-state index is 0.0664. The maximum Gasteiger partial charge on any atom is 0.222 e. The number of carbonyl (C=O) groups excluding carboxylic acids is 1. The lowest BCUT2D eigenvalue weighted by molar-refractivity contribution is -0.139. The Labute approximate surface area is 160 Å². The average molecular weight is 380 g/mol. The third kappa shape index (κ3) is 4.42. The van der Waals surface area contributed by atoms with E-state index >= 15 is 0 Å². The second-order valence-corrected chi connectivity index (χ2v) is 8.03. The van der Waals surface area contributed by atoms with Gasteiger partial charge in [0, 0.05) is 43.6 Å². The maximum atomic E-state index is 14.4. The topological polar surface area (TPSA) is 32.8 Å². The molecule has 0 radical (unpaired) electrons. The largest absolute Gasteiger partial charge is 0.496 e. The van der Waals surface area contributed by atoms with Crippen molar-refractivity contribution in [1.29, 1.82) is 0 Å². The van der Waals surface area contributed by atoms with Gasteiger partial charge in [0.05, 0.1) is 7.11 Å². The zero-order chi connectivity index (χ0) is 19.4. The molecule has 0 bridgehead atoms. The fraction of sp³-hybridized carbons (Fsp3) is 0.667. The van der Waals surface area contributed by atoms with Gasteiger partial charge in [-0.1, -0.05) is 13.3 Å². The highest BCUT2D eigenvalue weighted by molar-refractivity contribution is 5.77. The summed E-state index contributed by atoms with van der Waals surface area (Å²) in [5, 5.41) is 0. The zero-order valence-electron chi connectivity index (χ0n) is 16.4. The van der Waals surface area contributed by atoms with Gasteiger partial charge >= 0.3 is 0 Å². The van der Waals surface area contributed by atoms with Gasteiger partial charge in [-0.15, -0.1) is 0 Å². The summed E-state index contributed by atoms with van der Waals surface area (Å²) in [6, 6.07) is 2.59. The second-order valence-electron chi connectivity index (χ2n) is 8.03. The lowest BCUT2D eigenvalue weighted by Crippen LogP contribution is -2.54. The van der Waals surface area contributed by atoms with Crippen LogP contribution in [0.5, 0.6) is 5.75 Å². The van der Waals surface area contributed by atoms with E-state index in [0.29, 0.717) is 18.7 Å². The van der Waals surface area contributed by atoms with Gasteiger partial charge in [0.25, 0.3) is 0 Å². The number of unbranched alkanes of at least 4 members (excludes halogenated alkanes) is 1. The first-order chi connectivity index (χ1) is 13.0. The predicted molar refractivity (Wildman–Crippen MR) is 101 cm³/mol. The highest BCUT2D eigenvalue weighted by Gasteiger charge is 2.41. The van der Waals surface area contributed by atoms with Crippen molar-refractivity contribution in [3.8, 4) is 5.75 Å². The van der Waals surface area contributed by atoms with E-state index in [1.54, 1.807) is 0 Å². The van der Waals surface area contributed by atoms with Crippen molar-refractivity contribution >= 4 is 5.91 Å². The summed E-state index contributed by atoms with van der Waals surface area (Å²) in [4.78, 5) is 16.5. The Kier molecular flexibility index (Phi) is 6.35. The molecular formula is C21H30F2N2O2. The number of nitrogens with zero attached hydrogens (tertiary/aromatic N) is 2. The molecule has 6 heteroatoms. The molecule has 150 valence electrons. The molecule has 27 heavy (non-hydrogen) atoms. The summed E-state index contributed by atoms with van der Waals surface area (Å²) >= 11 is 0. The fourth-order valence-corrected chi connectivity index (χ4v) is 4.57. The van der Waals surface area contributed by atoms with Gasteiger partial charge in [0.2, 0.25) is 5.91 Å². The van der Waals surface area contributed by atoms with Crippen LogP contribution in [0.15, 0.2) is 12.1 Å². The number of hydrogen-bond acceptors (Lipinski definition) is 3. The smallest absolute Gasteiger partial charge is 0.222 e. The average Bonchev–Trinajstić information content (AvgIpc) is 2.67. The van der Waals surface area contributed by atoms with Crippen molar-refractivity contribution in [2.45, 2.75) is 52.0 Å². The minimum atomic E-state index is -0.841. The number of hydrogen-bond donors (Lipinski definition) is 0. The highest BCUT2D eigenvalue weighted by Crippen LogP contribution is 2.40. The first-order valence-electron chi connectivity index (χ1n) is 9.99. The van der Waals surface area contributed by atoms with Crippen LogP contribution in [0, 0.1) is 17.0 Å². The van der Waals surface area contributed by atoms with Crippen LogP contribution in [0.25, 0.3) is 0 Å². The first kappa shape index (κ1) is 20.1. The molecule has 2 fully saturated rings. The van der Waals surface area contributed by atoms with E-state index in [1.807, 2.05) is 4.90 Å². The van der Waals surface area contributed by atoms with Crippen LogP contribution in [-0.2, 0) is 11.3 Å². The van der Waals surface area contributed by atoms with E-state index in [1.165, 1.54) is 13.2 Å². The summed E-state index contributed by atoms with van der Waals surface area (Å²) in [6.07, 6.45) is 5.67. The Morgan fingerprint density at radius 2 is 2.04 bits per heavy atom. The molecular weight excluding hydrogens is 350 g/mol. The van der Waals surface area contributed by atoms with Crippen LogP contribution in [0.4, 0.5) is 8.78 Å². The van der Waals surface area contributed by atoms with Gasteiger partial charge in [-0.05, 0) is 44.4 Å². The molecule has 1 spiro atoms. The molecule has 1 aromatic carbocycles. The van der Waals surface area contributed by atoms with E-state index < -0.39 is 11.6 Å². The van der Waals surface area contributed by atoms with Crippen LogP contribution in [0.2, 0.25) is 0 Å². The molecule has 0 aromatic heterocycles. The Bertz CT molecular complexity index is 682. The summed E-state index contributed by atoms with van der Waals surface area (Å²) in [6.45, 7) is 5.73. The van der Waals surface area contributed by atoms with Crippen molar-refractivity contribution in [3.63, 3.8) is 0 Å². The molecule has 0 aliphatic carbocycles. The summed E-state index contributed by atoms with van der Waals surface area (Å²) in [5.74, 6) is -1.02. The molecule has 3 rings (SSSR count). The Morgan fingerprint density at radius 3 is 2.78 bits per heavy atom. The summed E-state index contributed by atoms with van der Waals surface area (Å²) in [5.41, 5.74) is 0.348. The third-order valence-electron chi connectivity index (χ3n) is 6.02. The number of halogens is 2. The van der Waals surface area contributed by atoms with Crippen LogP contribution in [0.1, 0.15) is 51.0 Å². The second kappa shape index (κ2) is 8.55. The van der Waals surface area contributed by atoms with Crippen molar-refractivity contribution in [2.24, 2.45) is 5.41 Å². The number of benzene rings is 1. The number of carbonyl (C=O) groups is 1. The normalized spacial score (nSPS) is 23.9. The van der Waals surface area contributed by atoms with Gasteiger partial charge in [-0.3, -0.25) is 9.69 Å². The van der Waals surface area contributed by atoms with Crippen molar-refractivity contribution in [2.75, 3.05) is 33.3 Å². The standard InChI is InChI=1S/C21H30F2N2O2/c1-3-4-12-25-15-21(10-8-19(25)26)9-5-11-24(14-21)13-16-18(27-2)7-6-17(22)20(16)23/h6-7H,3-5,8-15H2,1-2H3/t21-/m0/s1. The van der Waals surface area contributed by atoms with Crippen LogP contribution in [0.3, 0.4) is 0 Å². The van der Waals surface area contributed by atoms with Crippen molar-refractivity contribution in [1.82, 2.24) is 9.80 Å². The van der Waals surface area contributed by atoms with Gasteiger partial charge in [0.1, 0.15) is 5.75 Å². The number of rotatable bonds is 6. The number of piperidine rings is 2. The molecule has 2 saturated heterocycles. The third-order valence-corrected chi connectivity index (χ3v) is 6.02. The molecule has 1 amide bonds. The zero-order valence-corrected chi connectivity index (χ0v) is 16.4. The molecule has 2 heterocycles. The van der Waals surface area contributed by atoms with E-state index in [2.05, 4.69) is 11.8 Å². The fourth-order valence-electron chi connectivity index (χ4n) is 4.57. The highest BCUT2D eigenvalue weighted by atomic mass is 19.2. The Hall–Kier alpha value is -1.69. The SMILES string of the molecule is CCCCN1C[C@@]2(CCCN(Cc3c(OC)ccc(F)c3F)C2)CCC1=O. The predicted octanol–water partition coefficient (Wildman–Crippen LogP) is 3.98. The van der Waals surface area contributed by atoms with Crippen LogP contribution < -0.4 is 4.74 Å². The summed E-state index contributed by atoms with van der Waals surface area (Å²) < 4.78 is 33.3. The molecule has 0 saturated carbocycles. The van der Waals surface area contributed by atoms with Crippen molar-refractivity contribution < 1.29 is 18.3 Å². The lowest BCUT2D eigenvalue weighted by Gasteiger charge is -2.48. The monoisotopic (exact) mass is 380 g/mol. The van der Waals surface area contributed by atoms with E-state index in [4.69, 9.17) is 4.74 Å². The van der Waals surface area contributed by atoms with Gasteiger partial charge in [0.15, 0.2) is 11.6 Å². The molecule has 1 atom stereocenters. The van der Waals surface area contributed by atoms with Crippen LogP contribution >= 0.6 is 0 Å². The molecule has 0 unspecified atom stereocenters. The number of methoxy groups -OCH3 is 1. The maximum absolute atomic E-state index is 14.4.